The summed E-state index contributed by atoms with van der Waals surface area (Å²) in [6.45, 7) is 2.74. The van der Waals surface area contributed by atoms with Crippen molar-refractivity contribution in [2.45, 2.75) is 6.42 Å². The van der Waals surface area contributed by atoms with E-state index in [0.717, 1.165) is 24.3 Å². The van der Waals surface area contributed by atoms with Gasteiger partial charge in [0.05, 0.1) is 36.0 Å². The maximum Gasteiger partial charge on any atom is 0.228 e. The van der Waals surface area contributed by atoms with E-state index >= 15 is 0 Å². The van der Waals surface area contributed by atoms with Gasteiger partial charge in [0, 0.05) is 23.1 Å². The van der Waals surface area contributed by atoms with Crippen molar-refractivity contribution in [1.82, 2.24) is 0 Å². The SMILES string of the molecule is O=C(Cc1ccc(Cl)cc1Cl)Nc1cccc(Cl)c1N1CCOCC1. The summed E-state index contributed by atoms with van der Waals surface area (Å²) in [6, 6.07) is 10.6. The minimum absolute atomic E-state index is 0.158. The lowest BCUT2D eigenvalue weighted by molar-refractivity contribution is -0.115. The lowest BCUT2D eigenvalue weighted by atomic mass is 10.1. The average molecular weight is 400 g/mol. The summed E-state index contributed by atoms with van der Waals surface area (Å²) >= 11 is 18.4. The second-order valence-electron chi connectivity index (χ2n) is 5.70. The van der Waals surface area contributed by atoms with Crippen LogP contribution >= 0.6 is 34.8 Å². The smallest absolute Gasteiger partial charge is 0.228 e. The van der Waals surface area contributed by atoms with E-state index in [1.165, 1.54) is 0 Å². The van der Waals surface area contributed by atoms with Crippen molar-refractivity contribution in [2.75, 3.05) is 36.5 Å². The molecule has 7 heteroatoms. The number of carbonyl (C=O) groups is 1. The van der Waals surface area contributed by atoms with Gasteiger partial charge in [0.1, 0.15) is 0 Å². The van der Waals surface area contributed by atoms with Crippen molar-refractivity contribution in [3.05, 3.63) is 57.0 Å². The highest BCUT2D eigenvalue weighted by atomic mass is 35.5. The number of hydrogen-bond acceptors (Lipinski definition) is 3. The Morgan fingerprint density at radius 1 is 1.08 bits per heavy atom. The van der Waals surface area contributed by atoms with Crippen LogP contribution in [-0.4, -0.2) is 32.2 Å². The maximum atomic E-state index is 12.5. The Morgan fingerprint density at radius 3 is 2.56 bits per heavy atom. The first-order chi connectivity index (χ1) is 12.0. The zero-order valence-corrected chi connectivity index (χ0v) is 15.7. The minimum Gasteiger partial charge on any atom is -0.378 e. The fourth-order valence-corrected chi connectivity index (χ4v) is 3.53. The Kier molecular flexibility index (Phi) is 6.07. The van der Waals surface area contributed by atoms with Gasteiger partial charge in [0.2, 0.25) is 5.91 Å². The fourth-order valence-electron chi connectivity index (χ4n) is 2.76. The molecule has 0 spiro atoms. The number of para-hydroxylation sites is 1. The van der Waals surface area contributed by atoms with Gasteiger partial charge in [-0.1, -0.05) is 46.9 Å². The van der Waals surface area contributed by atoms with Crippen LogP contribution in [0.25, 0.3) is 0 Å². The molecule has 1 aliphatic heterocycles. The van der Waals surface area contributed by atoms with E-state index in [1.807, 2.05) is 18.2 Å². The van der Waals surface area contributed by atoms with Crippen molar-refractivity contribution in [1.29, 1.82) is 0 Å². The summed E-state index contributed by atoms with van der Waals surface area (Å²) in [4.78, 5) is 14.6. The number of anilines is 2. The van der Waals surface area contributed by atoms with Crippen molar-refractivity contribution < 1.29 is 9.53 Å². The molecule has 0 atom stereocenters. The Bertz CT molecular complexity index is 777. The first-order valence-electron chi connectivity index (χ1n) is 7.89. The van der Waals surface area contributed by atoms with E-state index in [4.69, 9.17) is 39.5 Å². The van der Waals surface area contributed by atoms with Gasteiger partial charge >= 0.3 is 0 Å². The van der Waals surface area contributed by atoms with E-state index < -0.39 is 0 Å². The van der Waals surface area contributed by atoms with E-state index in [1.54, 1.807) is 18.2 Å². The number of ether oxygens (including phenoxy) is 1. The zero-order chi connectivity index (χ0) is 17.8. The molecule has 0 unspecified atom stereocenters. The van der Waals surface area contributed by atoms with E-state index in [0.29, 0.717) is 34.0 Å². The second-order valence-corrected chi connectivity index (χ2v) is 6.95. The Labute approximate surface area is 161 Å². The van der Waals surface area contributed by atoms with Crippen molar-refractivity contribution in [3.63, 3.8) is 0 Å². The summed E-state index contributed by atoms with van der Waals surface area (Å²) in [5, 5.41) is 4.56. The molecule has 1 saturated heterocycles. The summed E-state index contributed by atoms with van der Waals surface area (Å²) < 4.78 is 5.39. The normalized spacial score (nSPS) is 14.4. The van der Waals surface area contributed by atoms with Crippen LogP contribution in [-0.2, 0) is 16.0 Å². The molecule has 2 aromatic carbocycles. The molecule has 0 aliphatic carbocycles. The van der Waals surface area contributed by atoms with Gasteiger partial charge < -0.3 is 15.0 Å². The third-order valence-corrected chi connectivity index (χ3v) is 4.85. The summed E-state index contributed by atoms with van der Waals surface area (Å²) in [7, 11) is 0. The number of nitrogens with one attached hydrogen (secondary N) is 1. The maximum absolute atomic E-state index is 12.5. The van der Waals surface area contributed by atoms with Crippen LogP contribution in [0.3, 0.4) is 0 Å². The second kappa shape index (κ2) is 8.28. The quantitative estimate of drug-likeness (QED) is 0.812. The third kappa shape index (κ3) is 4.59. The van der Waals surface area contributed by atoms with Gasteiger partial charge in [0.25, 0.3) is 0 Å². The minimum atomic E-state index is -0.166. The molecule has 1 fully saturated rings. The van der Waals surface area contributed by atoms with Crippen LogP contribution in [0.5, 0.6) is 0 Å². The zero-order valence-electron chi connectivity index (χ0n) is 13.4. The van der Waals surface area contributed by atoms with Crippen LogP contribution in [0.15, 0.2) is 36.4 Å². The summed E-state index contributed by atoms with van der Waals surface area (Å²) in [5.41, 5.74) is 2.23. The number of halogens is 3. The van der Waals surface area contributed by atoms with Gasteiger partial charge in [-0.25, -0.2) is 0 Å². The highest BCUT2D eigenvalue weighted by Crippen LogP contribution is 2.34. The Morgan fingerprint density at radius 2 is 1.84 bits per heavy atom. The van der Waals surface area contributed by atoms with E-state index in [9.17, 15) is 4.79 Å². The molecule has 1 heterocycles. The van der Waals surface area contributed by atoms with Crippen LogP contribution in [0.4, 0.5) is 11.4 Å². The van der Waals surface area contributed by atoms with E-state index in [2.05, 4.69) is 10.2 Å². The number of nitrogens with zero attached hydrogens (tertiary/aromatic N) is 1. The van der Waals surface area contributed by atoms with Crippen LogP contribution in [0.2, 0.25) is 15.1 Å². The molecule has 25 heavy (non-hydrogen) atoms. The van der Waals surface area contributed by atoms with Crippen molar-refractivity contribution in [2.24, 2.45) is 0 Å². The lowest BCUT2D eigenvalue weighted by Gasteiger charge is -2.31. The van der Waals surface area contributed by atoms with Gasteiger partial charge in [-0.15, -0.1) is 0 Å². The number of carbonyl (C=O) groups excluding carboxylic acids is 1. The standard InChI is InChI=1S/C18H17Cl3N2O2/c19-13-5-4-12(15(21)11-13)10-17(24)22-16-3-1-2-14(20)18(16)23-6-8-25-9-7-23/h1-5,11H,6-10H2,(H,22,24). The molecule has 0 saturated carbocycles. The van der Waals surface area contributed by atoms with Crippen molar-refractivity contribution >= 4 is 52.1 Å². The van der Waals surface area contributed by atoms with E-state index in [-0.39, 0.29) is 12.3 Å². The molecular formula is C18H17Cl3N2O2. The Balaban J connectivity index is 1.78. The molecule has 0 radical (unpaired) electrons. The van der Waals surface area contributed by atoms with Gasteiger partial charge in [-0.2, -0.15) is 0 Å². The number of amides is 1. The number of benzene rings is 2. The van der Waals surface area contributed by atoms with Gasteiger partial charge in [-0.3, -0.25) is 4.79 Å². The first-order valence-corrected chi connectivity index (χ1v) is 9.03. The molecule has 3 rings (SSSR count). The number of hydrogen-bond donors (Lipinski definition) is 1. The largest absolute Gasteiger partial charge is 0.378 e. The molecule has 1 amide bonds. The lowest BCUT2D eigenvalue weighted by Crippen LogP contribution is -2.37. The third-order valence-electron chi connectivity index (χ3n) is 3.95. The molecule has 1 aliphatic rings. The summed E-state index contributed by atoms with van der Waals surface area (Å²) in [6.07, 6.45) is 0.158. The van der Waals surface area contributed by atoms with Gasteiger partial charge in [-0.05, 0) is 29.8 Å². The number of morpholine rings is 1. The highest BCUT2D eigenvalue weighted by Gasteiger charge is 2.19. The van der Waals surface area contributed by atoms with Crippen LogP contribution < -0.4 is 10.2 Å². The molecule has 0 bridgehead atoms. The van der Waals surface area contributed by atoms with Gasteiger partial charge in [0.15, 0.2) is 0 Å². The Hall–Kier alpha value is -1.46. The predicted molar refractivity (Wildman–Crippen MR) is 103 cm³/mol. The molecule has 1 N–H and O–H groups in total. The molecular weight excluding hydrogens is 383 g/mol. The van der Waals surface area contributed by atoms with Crippen LogP contribution in [0.1, 0.15) is 5.56 Å². The summed E-state index contributed by atoms with van der Waals surface area (Å²) in [5.74, 6) is -0.166. The number of rotatable bonds is 4. The predicted octanol–water partition coefficient (Wildman–Crippen LogP) is 4.66. The molecule has 2 aromatic rings. The molecule has 4 nitrogen and oxygen atoms in total. The molecule has 132 valence electrons. The first kappa shape index (κ1) is 18.3. The van der Waals surface area contributed by atoms with Crippen LogP contribution in [0, 0.1) is 0 Å². The highest BCUT2D eigenvalue weighted by molar-refractivity contribution is 6.35. The fraction of sp³-hybridized carbons (Fsp3) is 0.278. The topological polar surface area (TPSA) is 41.6 Å². The monoisotopic (exact) mass is 398 g/mol. The van der Waals surface area contributed by atoms with Crippen molar-refractivity contribution in [3.8, 4) is 0 Å². The molecule has 0 aromatic heterocycles. The average Bonchev–Trinajstić information content (AvgIpc) is 2.58.